The number of aryl methyl sites for hydroxylation is 1. The molecule has 0 fully saturated rings. The highest BCUT2D eigenvalue weighted by atomic mass is 32.2. The molecule has 0 aliphatic heterocycles. The van der Waals surface area contributed by atoms with Crippen molar-refractivity contribution in [3.05, 3.63) is 83.9 Å². The smallest absolute Gasteiger partial charge is 0.256 e. The van der Waals surface area contributed by atoms with Gasteiger partial charge in [-0.2, -0.15) is 0 Å². The van der Waals surface area contributed by atoms with E-state index in [0.29, 0.717) is 17.9 Å². The molecule has 154 valence electrons. The Bertz CT molecular complexity index is 1000. The summed E-state index contributed by atoms with van der Waals surface area (Å²) in [5.41, 5.74) is 3.10. The van der Waals surface area contributed by atoms with Gasteiger partial charge in [0, 0.05) is 16.3 Å². The minimum Gasteiger partial charge on any atom is -0.494 e. The highest BCUT2D eigenvalue weighted by molar-refractivity contribution is 8.00. The molecule has 5 nitrogen and oxygen atoms in total. The normalized spacial score (nSPS) is 10.3. The predicted molar refractivity (Wildman–Crippen MR) is 123 cm³/mol. The van der Waals surface area contributed by atoms with E-state index in [9.17, 15) is 9.59 Å². The molecule has 3 rings (SSSR count). The van der Waals surface area contributed by atoms with Crippen molar-refractivity contribution in [3.8, 4) is 5.75 Å². The highest BCUT2D eigenvalue weighted by Crippen LogP contribution is 2.24. The van der Waals surface area contributed by atoms with Gasteiger partial charge in [-0.3, -0.25) is 9.59 Å². The van der Waals surface area contributed by atoms with E-state index in [1.165, 1.54) is 11.8 Å². The van der Waals surface area contributed by atoms with Crippen LogP contribution in [0.25, 0.3) is 0 Å². The van der Waals surface area contributed by atoms with Crippen LogP contribution in [0.5, 0.6) is 5.75 Å². The van der Waals surface area contributed by atoms with Crippen molar-refractivity contribution in [1.82, 2.24) is 0 Å². The lowest BCUT2D eigenvalue weighted by atomic mass is 10.2. The van der Waals surface area contributed by atoms with Crippen LogP contribution in [0.4, 0.5) is 11.4 Å². The molecule has 2 amide bonds. The Balaban J connectivity index is 1.61. The second-order valence-electron chi connectivity index (χ2n) is 6.61. The average molecular weight is 421 g/mol. The maximum Gasteiger partial charge on any atom is 0.256 e. The molecule has 3 aromatic rings. The lowest BCUT2D eigenvalue weighted by Crippen LogP contribution is -2.15. The average Bonchev–Trinajstić information content (AvgIpc) is 2.76. The summed E-state index contributed by atoms with van der Waals surface area (Å²) < 4.78 is 5.42. The van der Waals surface area contributed by atoms with Crippen LogP contribution >= 0.6 is 11.8 Å². The number of carbonyl (C=O) groups excluding carboxylic acids is 2. The van der Waals surface area contributed by atoms with Gasteiger partial charge in [0.15, 0.2) is 0 Å². The van der Waals surface area contributed by atoms with Crippen LogP contribution in [0.1, 0.15) is 22.8 Å². The molecule has 0 saturated heterocycles. The Morgan fingerprint density at radius 3 is 2.20 bits per heavy atom. The van der Waals surface area contributed by atoms with E-state index in [1.807, 2.05) is 68.4 Å². The summed E-state index contributed by atoms with van der Waals surface area (Å²) in [5, 5.41) is 5.76. The van der Waals surface area contributed by atoms with Crippen molar-refractivity contribution in [2.24, 2.45) is 0 Å². The molecule has 0 radical (unpaired) electrons. The number of carbonyl (C=O) groups is 2. The number of nitrogens with one attached hydrogen (secondary N) is 2. The molecular weight excluding hydrogens is 396 g/mol. The Kier molecular flexibility index (Phi) is 7.51. The lowest BCUT2D eigenvalue weighted by molar-refractivity contribution is -0.113. The molecule has 0 unspecified atom stereocenters. The summed E-state index contributed by atoms with van der Waals surface area (Å²) in [6.45, 7) is 4.51. The fourth-order valence-electron chi connectivity index (χ4n) is 2.76. The van der Waals surface area contributed by atoms with Crippen molar-refractivity contribution in [1.29, 1.82) is 0 Å². The van der Waals surface area contributed by atoms with Crippen LogP contribution in [0, 0.1) is 6.92 Å². The van der Waals surface area contributed by atoms with Crippen molar-refractivity contribution >= 4 is 35.0 Å². The first-order valence-corrected chi connectivity index (χ1v) is 10.7. The Hall–Kier alpha value is -3.25. The Morgan fingerprint density at radius 2 is 1.50 bits per heavy atom. The highest BCUT2D eigenvalue weighted by Gasteiger charge is 2.13. The SMILES string of the molecule is CCOc1ccc(NC(=O)c2ccccc2SCC(=O)Nc2ccc(C)cc2)cc1. The van der Waals surface area contributed by atoms with Crippen molar-refractivity contribution in [2.45, 2.75) is 18.7 Å². The molecule has 6 heteroatoms. The minimum absolute atomic E-state index is 0.120. The number of anilines is 2. The summed E-state index contributed by atoms with van der Waals surface area (Å²) in [6, 6.07) is 22.1. The van der Waals surface area contributed by atoms with Crippen molar-refractivity contribution in [2.75, 3.05) is 23.0 Å². The lowest BCUT2D eigenvalue weighted by Gasteiger charge is -2.11. The van der Waals surface area contributed by atoms with E-state index in [1.54, 1.807) is 18.2 Å². The van der Waals surface area contributed by atoms with Gasteiger partial charge < -0.3 is 15.4 Å². The van der Waals surface area contributed by atoms with Gasteiger partial charge in [0.25, 0.3) is 5.91 Å². The van der Waals surface area contributed by atoms with E-state index in [4.69, 9.17) is 4.74 Å². The standard InChI is InChI=1S/C24H24N2O3S/c1-3-29-20-14-12-19(13-15-20)26-24(28)21-6-4-5-7-22(21)30-16-23(27)25-18-10-8-17(2)9-11-18/h4-15H,3,16H2,1-2H3,(H,25,27)(H,26,28). The second kappa shape index (κ2) is 10.5. The molecule has 0 spiro atoms. The number of hydrogen-bond donors (Lipinski definition) is 2. The van der Waals surface area contributed by atoms with Gasteiger partial charge in [-0.25, -0.2) is 0 Å². The number of rotatable bonds is 8. The molecule has 30 heavy (non-hydrogen) atoms. The van der Waals surface area contributed by atoms with Crippen LogP contribution in [0.2, 0.25) is 0 Å². The van der Waals surface area contributed by atoms with E-state index in [2.05, 4.69) is 10.6 Å². The largest absolute Gasteiger partial charge is 0.494 e. The van der Waals surface area contributed by atoms with Crippen LogP contribution in [0.3, 0.4) is 0 Å². The fourth-order valence-corrected chi connectivity index (χ4v) is 3.61. The van der Waals surface area contributed by atoms with E-state index in [-0.39, 0.29) is 17.6 Å². The first-order valence-electron chi connectivity index (χ1n) is 9.67. The summed E-state index contributed by atoms with van der Waals surface area (Å²) in [4.78, 5) is 25.8. The summed E-state index contributed by atoms with van der Waals surface area (Å²) in [5.74, 6) is 0.624. The van der Waals surface area contributed by atoms with E-state index >= 15 is 0 Å². The third-order valence-corrected chi connectivity index (χ3v) is 5.32. The maximum atomic E-state index is 12.8. The molecule has 0 bridgehead atoms. The molecule has 0 aromatic heterocycles. The van der Waals surface area contributed by atoms with Gasteiger partial charge in [0.2, 0.25) is 5.91 Å². The van der Waals surface area contributed by atoms with Crippen LogP contribution < -0.4 is 15.4 Å². The molecule has 0 heterocycles. The third kappa shape index (κ3) is 6.12. The third-order valence-electron chi connectivity index (χ3n) is 4.25. The van der Waals surface area contributed by atoms with E-state index in [0.717, 1.165) is 21.9 Å². The van der Waals surface area contributed by atoms with E-state index < -0.39 is 0 Å². The van der Waals surface area contributed by atoms with Gasteiger partial charge in [-0.05, 0) is 62.4 Å². The molecule has 3 aromatic carbocycles. The van der Waals surface area contributed by atoms with Crippen LogP contribution in [-0.4, -0.2) is 24.2 Å². The summed E-state index contributed by atoms with van der Waals surface area (Å²) >= 11 is 1.33. The molecule has 2 N–H and O–H groups in total. The minimum atomic E-state index is -0.221. The van der Waals surface area contributed by atoms with Crippen molar-refractivity contribution in [3.63, 3.8) is 0 Å². The number of amides is 2. The number of ether oxygens (including phenoxy) is 1. The predicted octanol–water partition coefficient (Wildman–Crippen LogP) is 5.38. The van der Waals surface area contributed by atoms with Crippen LogP contribution in [0.15, 0.2) is 77.7 Å². The monoisotopic (exact) mass is 420 g/mol. The molecule has 0 aliphatic carbocycles. The van der Waals surface area contributed by atoms with Gasteiger partial charge in [-0.15, -0.1) is 11.8 Å². The molecule has 0 aliphatic rings. The number of thioether (sulfide) groups is 1. The molecule has 0 atom stereocenters. The Labute approximate surface area is 180 Å². The van der Waals surface area contributed by atoms with Gasteiger partial charge in [0.1, 0.15) is 5.75 Å². The zero-order chi connectivity index (χ0) is 21.3. The van der Waals surface area contributed by atoms with Gasteiger partial charge in [0.05, 0.1) is 17.9 Å². The van der Waals surface area contributed by atoms with Gasteiger partial charge in [-0.1, -0.05) is 29.8 Å². The second-order valence-corrected chi connectivity index (χ2v) is 7.63. The number of benzene rings is 3. The van der Waals surface area contributed by atoms with Gasteiger partial charge >= 0.3 is 0 Å². The maximum absolute atomic E-state index is 12.8. The Morgan fingerprint density at radius 1 is 0.867 bits per heavy atom. The first-order chi connectivity index (χ1) is 14.5. The quantitative estimate of drug-likeness (QED) is 0.480. The van der Waals surface area contributed by atoms with Crippen LogP contribution in [-0.2, 0) is 4.79 Å². The summed E-state index contributed by atoms with van der Waals surface area (Å²) in [7, 11) is 0. The molecular formula is C24H24N2O3S. The molecule has 0 saturated carbocycles. The fraction of sp³-hybridized carbons (Fsp3) is 0.167. The number of hydrogen-bond acceptors (Lipinski definition) is 4. The topological polar surface area (TPSA) is 67.4 Å². The summed E-state index contributed by atoms with van der Waals surface area (Å²) in [6.07, 6.45) is 0. The zero-order valence-electron chi connectivity index (χ0n) is 17.0. The van der Waals surface area contributed by atoms with Crippen molar-refractivity contribution < 1.29 is 14.3 Å². The zero-order valence-corrected chi connectivity index (χ0v) is 17.8. The first kappa shape index (κ1) is 21.5.